The predicted molar refractivity (Wildman–Crippen MR) is 103 cm³/mol. The SMILES string of the molecule is CCOc1ccc(C(=O)N/N=C/c2cccc(OCC(=O)O)c2)cc1OCC. The number of rotatable bonds is 10. The van der Waals surface area contributed by atoms with Gasteiger partial charge in [-0.1, -0.05) is 12.1 Å². The third kappa shape index (κ3) is 6.31. The smallest absolute Gasteiger partial charge is 0.341 e. The van der Waals surface area contributed by atoms with Crippen molar-refractivity contribution < 1.29 is 28.9 Å². The van der Waals surface area contributed by atoms with E-state index in [2.05, 4.69) is 10.5 Å². The molecule has 2 rings (SSSR count). The molecule has 0 aliphatic heterocycles. The van der Waals surface area contributed by atoms with Crippen LogP contribution in [0.2, 0.25) is 0 Å². The van der Waals surface area contributed by atoms with Crippen LogP contribution in [0.5, 0.6) is 17.2 Å². The van der Waals surface area contributed by atoms with E-state index in [1.54, 1.807) is 42.5 Å². The molecule has 0 spiro atoms. The van der Waals surface area contributed by atoms with Crippen molar-refractivity contribution in [1.82, 2.24) is 5.43 Å². The first kappa shape index (κ1) is 20.8. The van der Waals surface area contributed by atoms with E-state index >= 15 is 0 Å². The number of carboxylic acids is 1. The second-order valence-corrected chi connectivity index (χ2v) is 5.48. The van der Waals surface area contributed by atoms with Gasteiger partial charge in [-0.25, -0.2) is 10.2 Å². The third-order valence-corrected chi connectivity index (χ3v) is 3.41. The summed E-state index contributed by atoms with van der Waals surface area (Å²) in [6.45, 7) is 4.22. The van der Waals surface area contributed by atoms with Gasteiger partial charge >= 0.3 is 5.97 Å². The molecule has 8 heteroatoms. The number of aliphatic carboxylic acids is 1. The van der Waals surface area contributed by atoms with Crippen molar-refractivity contribution in [3.05, 3.63) is 53.6 Å². The molecule has 28 heavy (non-hydrogen) atoms. The Balaban J connectivity index is 2.02. The number of carbonyl (C=O) groups excluding carboxylic acids is 1. The van der Waals surface area contributed by atoms with E-state index < -0.39 is 18.5 Å². The summed E-state index contributed by atoms with van der Waals surface area (Å²) in [4.78, 5) is 22.8. The average Bonchev–Trinajstić information content (AvgIpc) is 2.68. The van der Waals surface area contributed by atoms with Gasteiger partial charge in [0.25, 0.3) is 5.91 Å². The quantitative estimate of drug-likeness (QED) is 0.480. The molecule has 0 saturated heterocycles. The van der Waals surface area contributed by atoms with Crippen LogP contribution in [0.25, 0.3) is 0 Å². The first-order valence-corrected chi connectivity index (χ1v) is 8.71. The van der Waals surface area contributed by atoms with E-state index in [9.17, 15) is 9.59 Å². The van der Waals surface area contributed by atoms with Crippen molar-refractivity contribution >= 4 is 18.1 Å². The van der Waals surface area contributed by atoms with Crippen LogP contribution in [-0.2, 0) is 4.79 Å². The van der Waals surface area contributed by atoms with Crippen LogP contribution in [0.15, 0.2) is 47.6 Å². The van der Waals surface area contributed by atoms with Gasteiger partial charge in [-0.2, -0.15) is 5.10 Å². The Morgan fingerprint density at radius 1 is 1.04 bits per heavy atom. The number of nitrogens with one attached hydrogen (secondary N) is 1. The molecule has 0 unspecified atom stereocenters. The van der Waals surface area contributed by atoms with Crippen LogP contribution in [0.3, 0.4) is 0 Å². The maximum Gasteiger partial charge on any atom is 0.341 e. The lowest BCUT2D eigenvalue weighted by atomic mass is 10.2. The Kier molecular flexibility index (Phi) is 7.83. The minimum atomic E-state index is -1.06. The fraction of sp³-hybridized carbons (Fsp3) is 0.250. The van der Waals surface area contributed by atoms with Crippen LogP contribution >= 0.6 is 0 Å². The van der Waals surface area contributed by atoms with Gasteiger partial charge in [0.2, 0.25) is 0 Å². The van der Waals surface area contributed by atoms with Crippen LogP contribution < -0.4 is 19.6 Å². The van der Waals surface area contributed by atoms with Gasteiger partial charge in [-0.3, -0.25) is 4.79 Å². The van der Waals surface area contributed by atoms with E-state index in [1.807, 2.05) is 13.8 Å². The second-order valence-electron chi connectivity index (χ2n) is 5.48. The Morgan fingerprint density at radius 2 is 1.79 bits per heavy atom. The largest absolute Gasteiger partial charge is 0.490 e. The summed E-state index contributed by atoms with van der Waals surface area (Å²) in [6, 6.07) is 11.6. The zero-order valence-corrected chi connectivity index (χ0v) is 15.7. The minimum Gasteiger partial charge on any atom is -0.490 e. The maximum absolute atomic E-state index is 12.3. The number of carbonyl (C=O) groups is 2. The van der Waals surface area contributed by atoms with Gasteiger partial charge in [-0.05, 0) is 49.7 Å². The van der Waals surface area contributed by atoms with Crippen molar-refractivity contribution in [2.24, 2.45) is 5.10 Å². The van der Waals surface area contributed by atoms with Crippen LogP contribution in [0.4, 0.5) is 0 Å². The molecule has 2 aromatic carbocycles. The van der Waals surface area contributed by atoms with Crippen molar-refractivity contribution in [3.8, 4) is 17.2 Å². The van der Waals surface area contributed by atoms with Gasteiger partial charge in [0.05, 0.1) is 19.4 Å². The number of ether oxygens (including phenoxy) is 3. The summed E-state index contributed by atoms with van der Waals surface area (Å²) in [7, 11) is 0. The predicted octanol–water partition coefficient (Wildman–Crippen LogP) is 2.71. The fourth-order valence-electron chi connectivity index (χ4n) is 2.25. The highest BCUT2D eigenvalue weighted by atomic mass is 16.5. The zero-order chi connectivity index (χ0) is 20.4. The van der Waals surface area contributed by atoms with E-state index in [-0.39, 0.29) is 0 Å². The highest BCUT2D eigenvalue weighted by molar-refractivity contribution is 5.95. The molecule has 2 aromatic rings. The second kappa shape index (κ2) is 10.6. The molecule has 0 aromatic heterocycles. The molecule has 0 aliphatic carbocycles. The highest BCUT2D eigenvalue weighted by Crippen LogP contribution is 2.28. The minimum absolute atomic E-state index is 0.377. The topological polar surface area (TPSA) is 106 Å². The van der Waals surface area contributed by atoms with Gasteiger partial charge in [-0.15, -0.1) is 0 Å². The molecule has 8 nitrogen and oxygen atoms in total. The molecule has 0 atom stereocenters. The molecule has 0 bridgehead atoms. The zero-order valence-electron chi connectivity index (χ0n) is 15.7. The lowest BCUT2D eigenvalue weighted by Crippen LogP contribution is -2.17. The van der Waals surface area contributed by atoms with E-state index in [0.29, 0.717) is 41.6 Å². The number of hydrazone groups is 1. The molecule has 0 saturated carbocycles. The molecule has 148 valence electrons. The first-order valence-electron chi connectivity index (χ1n) is 8.71. The number of hydrogen-bond donors (Lipinski definition) is 2. The summed E-state index contributed by atoms with van der Waals surface area (Å²) in [6.07, 6.45) is 1.43. The normalized spacial score (nSPS) is 10.5. The summed E-state index contributed by atoms with van der Waals surface area (Å²) < 4.78 is 16.1. The van der Waals surface area contributed by atoms with E-state index in [4.69, 9.17) is 19.3 Å². The molecular formula is C20H22N2O6. The summed E-state index contributed by atoms with van der Waals surface area (Å²) in [5, 5.41) is 12.6. The Bertz CT molecular complexity index is 850. The number of benzene rings is 2. The van der Waals surface area contributed by atoms with Crippen molar-refractivity contribution in [1.29, 1.82) is 0 Å². The van der Waals surface area contributed by atoms with Crippen molar-refractivity contribution in [2.75, 3.05) is 19.8 Å². The third-order valence-electron chi connectivity index (χ3n) is 3.41. The fourth-order valence-corrected chi connectivity index (χ4v) is 2.25. The Morgan fingerprint density at radius 3 is 2.50 bits per heavy atom. The standard InChI is InChI=1S/C20H22N2O6/c1-3-26-17-9-8-15(11-18(17)27-4-2)20(25)22-21-12-14-6-5-7-16(10-14)28-13-19(23)24/h5-12H,3-4,13H2,1-2H3,(H,22,25)(H,23,24)/b21-12+. The van der Waals surface area contributed by atoms with Gasteiger partial charge < -0.3 is 19.3 Å². The van der Waals surface area contributed by atoms with Crippen LogP contribution in [0, 0.1) is 0 Å². The van der Waals surface area contributed by atoms with Gasteiger partial charge in [0.15, 0.2) is 18.1 Å². The van der Waals surface area contributed by atoms with Crippen LogP contribution in [0.1, 0.15) is 29.8 Å². The lowest BCUT2D eigenvalue weighted by Gasteiger charge is -2.11. The molecule has 1 amide bonds. The monoisotopic (exact) mass is 386 g/mol. The molecule has 0 radical (unpaired) electrons. The van der Waals surface area contributed by atoms with Gasteiger partial charge in [0.1, 0.15) is 5.75 Å². The van der Waals surface area contributed by atoms with Crippen molar-refractivity contribution in [3.63, 3.8) is 0 Å². The van der Waals surface area contributed by atoms with Crippen molar-refractivity contribution in [2.45, 2.75) is 13.8 Å². The number of amides is 1. The number of carboxylic acid groups (broad SMARTS) is 1. The maximum atomic E-state index is 12.3. The lowest BCUT2D eigenvalue weighted by molar-refractivity contribution is -0.139. The average molecular weight is 386 g/mol. The van der Waals surface area contributed by atoms with E-state index in [0.717, 1.165) is 0 Å². The summed E-state index contributed by atoms with van der Waals surface area (Å²) >= 11 is 0. The number of nitrogens with zero attached hydrogens (tertiary/aromatic N) is 1. The Hall–Kier alpha value is -3.55. The summed E-state index contributed by atoms with van der Waals surface area (Å²) in [5.41, 5.74) is 3.46. The molecular weight excluding hydrogens is 364 g/mol. The molecule has 2 N–H and O–H groups in total. The molecule has 0 heterocycles. The molecule has 0 aliphatic rings. The van der Waals surface area contributed by atoms with Crippen LogP contribution in [-0.4, -0.2) is 43.0 Å². The highest BCUT2D eigenvalue weighted by Gasteiger charge is 2.11. The van der Waals surface area contributed by atoms with E-state index in [1.165, 1.54) is 6.21 Å². The number of hydrogen-bond acceptors (Lipinski definition) is 6. The summed E-state index contributed by atoms with van der Waals surface area (Å²) in [5.74, 6) is -0.0102. The molecule has 0 fully saturated rings. The Labute approximate surface area is 162 Å². The first-order chi connectivity index (χ1) is 13.5. The van der Waals surface area contributed by atoms with Gasteiger partial charge in [0, 0.05) is 5.56 Å².